The van der Waals surface area contributed by atoms with Crippen molar-refractivity contribution in [3.05, 3.63) is 38.8 Å². The number of ether oxygens (including phenoxy) is 1. The first-order valence-electron chi connectivity index (χ1n) is 4.18. The molecule has 0 bridgehead atoms. The first-order valence-corrected chi connectivity index (χ1v) is 6.36. The van der Waals surface area contributed by atoms with Gasteiger partial charge < -0.3 is 4.74 Å². The average Bonchev–Trinajstić information content (AvgIpc) is 2.20. The Labute approximate surface area is 113 Å². The van der Waals surface area contributed by atoms with Crippen molar-refractivity contribution in [1.82, 2.24) is 0 Å². The highest BCUT2D eigenvalue weighted by atomic mass is 79.9. The molecule has 1 rings (SSSR count). The molecule has 0 aliphatic rings. The summed E-state index contributed by atoms with van der Waals surface area (Å²) in [5.41, 5.74) is 0. The highest BCUT2D eigenvalue weighted by Gasteiger charge is 2.05. The summed E-state index contributed by atoms with van der Waals surface area (Å²) >= 11 is 19.2. The molecule has 0 fully saturated rings. The molecule has 0 unspecified atom stereocenters. The third-order valence-corrected chi connectivity index (χ3v) is 3.29. The van der Waals surface area contributed by atoms with Crippen LogP contribution < -0.4 is 4.74 Å². The fraction of sp³-hybridized carbons (Fsp3) is 0.200. The van der Waals surface area contributed by atoms with Crippen molar-refractivity contribution in [3.8, 4) is 5.75 Å². The van der Waals surface area contributed by atoms with Gasteiger partial charge in [-0.2, -0.15) is 12.6 Å². The Bertz CT molecular complexity index is 369. The molecule has 82 valence electrons. The molecule has 15 heavy (non-hydrogen) atoms. The molecule has 0 N–H and O–H groups in total. The Morgan fingerprint density at radius 1 is 1.27 bits per heavy atom. The van der Waals surface area contributed by atoms with Crippen LogP contribution in [0.4, 0.5) is 0 Å². The van der Waals surface area contributed by atoms with Gasteiger partial charge in [0.25, 0.3) is 0 Å². The van der Waals surface area contributed by atoms with E-state index in [4.69, 9.17) is 27.9 Å². The second-order valence-corrected chi connectivity index (χ2v) is 4.70. The van der Waals surface area contributed by atoms with E-state index in [0.717, 1.165) is 4.47 Å². The quantitative estimate of drug-likeness (QED) is 0.482. The zero-order valence-corrected chi connectivity index (χ0v) is 11.7. The van der Waals surface area contributed by atoms with Crippen LogP contribution in [0.15, 0.2) is 28.8 Å². The molecule has 0 amide bonds. The lowest BCUT2D eigenvalue weighted by atomic mass is 10.3. The van der Waals surface area contributed by atoms with Gasteiger partial charge in [0.15, 0.2) is 0 Å². The van der Waals surface area contributed by atoms with Gasteiger partial charge in [-0.15, -0.1) is 0 Å². The van der Waals surface area contributed by atoms with Gasteiger partial charge in [-0.1, -0.05) is 35.4 Å². The maximum absolute atomic E-state index is 5.96. The number of hydrogen-bond donors (Lipinski definition) is 1. The number of rotatable bonds is 4. The molecule has 0 aliphatic carbocycles. The number of benzene rings is 1. The lowest BCUT2D eigenvalue weighted by Gasteiger charge is -2.07. The minimum atomic E-state index is 0.457. The summed E-state index contributed by atoms with van der Waals surface area (Å²) in [5, 5.41) is 1.11. The minimum absolute atomic E-state index is 0.457. The van der Waals surface area contributed by atoms with Gasteiger partial charge in [-0.3, -0.25) is 0 Å². The Balaban J connectivity index is 2.69. The van der Waals surface area contributed by atoms with Crippen molar-refractivity contribution in [1.29, 1.82) is 0 Å². The molecule has 0 heterocycles. The van der Waals surface area contributed by atoms with Gasteiger partial charge in [0.1, 0.15) is 12.4 Å². The molecule has 1 aromatic carbocycles. The largest absolute Gasteiger partial charge is 0.488 e. The topological polar surface area (TPSA) is 9.23 Å². The molecule has 5 heteroatoms. The summed E-state index contributed by atoms with van der Waals surface area (Å²) < 4.78 is 6.17. The SMILES string of the molecule is SC/C=C/COc1cc(Cl)c(Br)cc1Cl. The summed E-state index contributed by atoms with van der Waals surface area (Å²) in [6.07, 6.45) is 3.77. The fourth-order valence-corrected chi connectivity index (χ4v) is 1.89. The van der Waals surface area contributed by atoms with Gasteiger partial charge in [-0.25, -0.2) is 0 Å². The van der Waals surface area contributed by atoms with Crippen molar-refractivity contribution in [3.63, 3.8) is 0 Å². The lowest BCUT2D eigenvalue weighted by Crippen LogP contribution is -1.94. The molecule has 0 saturated heterocycles. The molecule has 1 nitrogen and oxygen atoms in total. The van der Waals surface area contributed by atoms with E-state index in [1.807, 2.05) is 12.2 Å². The Morgan fingerprint density at radius 2 is 2.00 bits per heavy atom. The van der Waals surface area contributed by atoms with Crippen molar-refractivity contribution in [2.24, 2.45) is 0 Å². The van der Waals surface area contributed by atoms with Gasteiger partial charge in [0.2, 0.25) is 0 Å². The van der Waals surface area contributed by atoms with Crippen molar-refractivity contribution in [2.45, 2.75) is 0 Å². The van der Waals surface area contributed by atoms with E-state index < -0.39 is 0 Å². The van der Waals surface area contributed by atoms with E-state index in [1.54, 1.807) is 12.1 Å². The first-order chi connectivity index (χ1) is 7.15. The van der Waals surface area contributed by atoms with E-state index in [2.05, 4.69) is 28.6 Å². The molecule has 0 atom stereocenters. The van der Waals surface area contributed by atoms with E-state index in [-0.39, 0.29) is 0 Å². The highest BCUT2D eigenvalue weighted by molar-refractivity contribution is 9.10. The average molecular weight is 328 g/mol. The Kier molecular flexibility index (Phi) is 5.90. The molecular weight excluding hydrogens is 319 g/mol. The van der Waals surface area contributed by atoms with Crippen LogP contribution in [-0.2, 0) is 0 Å². The Morgan fingerprint density at radius 3 is 2.67 bits per heavy atom. The van der Waals surface area contributed by atoms with E-state index in [0.29, 0.717) is 28.2 Å². The maximum atomic E-state index is 5.96. The van der Waals surface area contributed by atoms with Crippen molar-refractivity contribution in [2.75, 3.05) is 12.4 Å². The normalized spacial score (nSPS) is 10.9. The van der Waals surface area contributed by atoms with Crippen LogP contribution in [0, 0.1) is 0 Å². The molecule has 0 saturated carbocycles. The monoisotopic (exact) mass is 326 g/mol. The summed E-state index contributed by atoms with van der Waals surface area (Å²) in [7, 11) is 0. The predicted octanol–water partition coefficient (Wildman–Crippen LogP) is 4.62. The molecule has 0 radical (unpaired) electrons. The number of thiol groups is 1. The van der Waals surface area contributed by atoms with Gasteiger partial charge in [0, 0.05) is 16.3 Å². The van der Waals surface area contributed by atoms with Crippen LogP contribution in [-0.4, -0.2) is 12.4 Å². The van der Waals surface area contributed by atoms with Crippen molar-refractivity contribution < 1.29 is 4.74 Å². The summed E-state index contributed by atoms with van der Waals surface area (Å²) in [6, 6.07) is 3.39. The second kappa shape index (κ2) is 6.69. The molecular formula is C10H9BrCl2OS. The minimum Gasteiger partial charge on any atom is -0.488 e. The first kappa shape index (κ1) is 13.2. The molecule has 0 aliphatic heterocycles. The fourth-order valence-electron chi connectivity index (χ4n) is 0.895. The van der Waals surface area contributed by atoms with E-state index in [9.17, 15) is 0 Å². The lowest BCUT2D eigenvalue weighted by molar-refractivity contribution is 0.363. The summed E-state index contributed by atoms with van der Waals surface area (Å²) in [5.74, 6) is 1.27. The van der Waals surface area contributed by atoms with Crippen LogP contribution in [0.25, 0.3) is 0 Å². The maximum Gasteiger partial charge on any atom is 0.139 e. The standard InChI is InChI=1S/C10H9BrCl2OS/c11-7-5-9(13)10(6-8(7)12)14-3-1-2-4-15/h1-2,5-6,15H,3-4H2/b2-1+. The summed E-state index contributed by atoms with van der Waals surface area (Å²) in [4.78, 5) is 0. The second-order valence-electron chi connectivity index (χ2n) is 2.66. The van der Waals surface area contributed by atoms with Crippen LogP contribution in [0.1, 0.15) is 0 Å². The molecule has 0 aromatic heterocycles. The van der Waals surface area contributed by atoms with Gasteiger partial charge in [0.05, 0.1) is 10.0 Å². The number of hydrogen-bond acceptors (Lipinski definition) is 2. The third-order valence-electron chi connectivity index (χ3n) is 1.58. The zero-order valence-electron chi connectivity index (χ0n) is 7.71. The predicted molar refractivity (Wildman–Crippen MR) is 72.7 cm³/mol. The number of halogens is 3. The zero-order chi connectivity index (χ0) is 11.3. The van der Waals surface area contributed by atoms with E-state index in [1.165, 1.54) is 0 Å². The third kappa shape index (κ3) is 4.27. The Hall–Kier alpha value is 0.170. The van der Waals surface area contributed by atoms with E-state index >= 15 is 0 Å². The van der Waals surface area contributed by atoms with Crippen molar-refractivity contribution >= 4 is 51.8 Å². The summed E-state index contributed by atoms with van der Waals surface area (Å²) in [6.45, 7) is 0.457. The van der Waals surface area contributed by atoms with Crippen LogP contribution in [0.3, 0.4) is 0 Å². The molecule has 0 spiro atoms. The van der Waals surface area contributed by atoms with Gasteiger partial charge >= 0.3 is 0 Å². The van der Waals surface area contributed by atoms with Crippen LogP contribution >= 0.6 is 51.8 Å². The highest BCUT2D eigenvalue weighted by Crippen LogP contribution is 2.33. The van der Waals surface area contributed by atoms with Gasteiger partial charge in [-0.05, 0) is 22.0 Å². The smallest absolute Gasteiger partial charge is 0.139 e. The van der Waals surface area contributed by atoms with Crippen LogP contribution in [0.2, 0.25) is 10.0 Å². The molecule has 1 aromatic rings. The van der Waals surface area contributed by atoms with Crippen LogP contribution in [0.5, 0.6) is 5.75 Å².